The zero-order chi connectivity index (χ0) is 20.0. The average molecular weight is 449 g/mol. The molecule has 0 aliphatic carbocycles. The predicted molar refractivity (Wildman–Crippen MR) is 113 cm³/mol. The van der Waals surface area contributed by atoms with Gasteiger partial charge in [-0.1, -0.05) is 90.5 Å². The van der Waals surface area contributed by atoms with Gasteiger partial charge in [0.2, 0.25) is 0 Å². The Bertz CT molecular complexity index is 171. The molecule has 0 spiro atoms. The topological polar surface area (TPSA) is 60.7 Å². The minimum absolute atomic E-state index is 0. The average Bonchev–Trinajstić information content (AvgIpc) is 2.15. The molecule has 3 N–H and O–H groups in total. The number of rotatable bonds is 0. The molecule has 0 aliphatic heterocycles. The molecule has 153 valence electrons. The van der Waals surface area contributed by atoms with Crippen LogP contribution >= 0.6 is 7.94 Å². The van der Waals surface area contributed by atoms with Gasteiger partial charge < -0.3 is 0 Å². The summed E-state index contributed by atoms with van der Waals surface area (Å²) in [6, 6.07) is 0. The molecule has 0 saturated heterocycles. The van der Waals surface area contributed by atoms with Gasteiger partial charge in [-0.25, -0.2) is 0 Å². The monoisotopic (exact) mass is 448 g/mol. The van der Waals surface area contributed by atoms with Gasteiger partial charge in [-0.15, -0.1) is 0 Å². The third-order valence-electron chi connectivity index (χ3n) is 0.900. The van der Waals surface area contributed by atoms with Crippen LogP contribution in [0, 0.1) is 10.8 Å². The second kappa shape index (κ2) is 20.7. The van der Waals surface area contributed by atoms with Gasteiger partial charge in [-0.05, 0) is 31.6 Å². The van der Waals surface area contributed by atoms with E-state index in [0.29, 0.717) is 10.8 Å². The fraction of sp³-hybridized carbons (Fsp3) is 1.00. The second-order valence-electron chi connectivity index (χ2n) is 8.74. The van der Waals surface area contributed by atoms with Crippen molar-refractivity contribution in [3.05, 3.63) is 0 Å². The molecule has 3 nitrogen and oxygen atoms in total. The first-order valence-corrected chi connectivity index (χ1v) is 9.97. The van der Waals surface area contributed by atoms with Crippen molar-refractivity contribution in [3.8, 4) is 0 Å². The smallest absolute Gasteiger partial charge is 0.192 e. The third-order valence-corrected chi connectivity index (χ3v) is 2.70. The molecule has 0 atom stereocenters. The summed E-state index contributed by atoms with van der Waals surface area (Å²) in [5, 5.41) is -0.785. The van der Waals surface area contributed by atoms with E-state index in [4.69, 9.17) is 14.7 Å². The largest absolute Gasteiger partial charge is 0.409 e. The summed E-state index contributed by atoms with van der Waals surface area (Å²) >= 11 is 0. The van der Waals surface area contributed by atoms with Gasteiger partial charge in [0.25, 0.3) is 0 Å². The molecule has 5 heteroatoms. The van der Waals surface area contributed by atoms with Crippen molar-refractivity contribution >= 4 is 7.94 Å². The van der Waals surface area contributed by atoms with E-state index < -0.39 is 13.1 Å². The van der Waals surface area contributed by atoms with Crippen molar-refractivity contribution < 1.29 is 47.4 Å². The Labute approximate surface area is 181 Å². The van der Waals surface area contributed by atoms with Crippen molar-refractivity contribution in [1.82, 2.24) is 0 Å². The van der Waals surface area contributed by atoms with E-state index in [2.05, 4.69) is 55.4 Å². The van der Waals surface area contributed by atoms with Gasteiger partial charge in [-0.3, -0.25) is 0 Å². The summed E-state index contributed by atoms with van der Waals surface area (Å²) in [5.74, 6) is 0. The number of hydrogen-bond acceptors (Lipinski definition) is 3. The molecule has 0 saturated carbocycles. The quantitative estimate of drug-likeness (QED) is 0.340. The van der Waals surface area contributed by atoms with Crippen LogP contribution in [0.3, 0.4) is 0 Å². The molecule has 0 aliphatic rings. The van der Waals surface area contributed by atoms with Crippen molar-refractivity contribution in [2.24, 2.45) is 10.8 Å². The van der Waals surface area contributed by atoms with E-state index in [9.17, 15) is 0 Å². The summed E-state index contributed by atoms with van der Waals surface area (Å²) in [4.78, 5) is 25.7. The molecule has 0 aromatic carbocycles. The third kappa shape index (κ3) is 108. The summed E-state index contributed by atoms with van der Waals surface area (Å²) in [6.45, 7) is 30.2. The molecule has 1 radical (unpaired) electrons. The zero-order valence-corrected chi connectivity index (χ0v) is 22.6. The van der Waals surface area contributed by atoms with Crippen LogP contribution in [0.15, 0.2) is 0 Å². The Balaban J connectivity index is -0.0000000323. The van der Waals surface area contributed by atoms with Crippen molar-refractivity contribution in [3.63, 3.8) is 0 Å². The normalized spacial score (nSPS) is 10.2. The van der Waals surface area contributed by atoms with Crippen LogP contribution in [-0.4, -0.2) is 19.8 Å². The van der Waals surface area contributed by atoms with E-state index in [0.717, 1.165) is 0 Å². The summed E-state index contributed by atoms with van der Waals surface area (Å²) < 4.78 is 0. The first-order chi connectivity index (χ1) is 9.25. The minimum atomic E-state index is -3.60. The van der Waals surface area contributed by atoms with Gasteiger partial charge in [0.15, 0.2) is 5.16 Å². The van der Waals surface area contributed by atoms with Crippen molar-refractivity contribution in [1.29, 1.82) is 0 Å². The fourth-order valence-electron chi connectivity index (χ4n) is 0. The molecule has 0 heterocycles. The summed E-state index contributed by atoms with van der Waals surface area (Å²) in [5.41, 5.74) is 1.00. The standard InChI is InChI=1S/2C5H12.C4H12O3P.2C2H6.CH4.Y/c2*1-5(2,3)4;1-4(2,3)8(5,6)7;2*1-2;;/h2*1-4H3;5-7H,1-3H3;2*1-2H3;1H4;/q;;+1;;;;. The maximum atomic E-state index is 8.58. The van der Waals surface area contributed by atoms with Crippen LogP contribution in [0.25, 0.3) is 0 Å². The minimum Gasteiger partial charge on any atom is -0.192 e. The van der Waals surface area contributed by atoms with Crippen LogP contribution in [0.5, 0.6) is 0 Å². The van der Waals surface area contributed by atoms with Crippen molar-refractivity contribution in [2.45, 2.75) is 116 Å². The Morgan fingerprint density at radius 1 is 0.500 bits per heavy atom. The van der Waals surface area contributed by atoms with Gasteiger partial charge in [0.05, 0.1) is 0 Å². The first-order valence-electron chi connectivity index (χ1n) is 8.32. The van der Waals surface area contributed by atoms with Gasteiger partial charge in [0, 0.05) is 32.7 Å². The zero-order valence-electron chi connectivity index (χ0n) is 18.9. The molecule has 0 aromatic heterocycles. The summed E-state index contributed by atoms with van der Waals surface area (Å²) in [6.07, 6.45) is 0. The molecule has 24 heavy (non-hydrogen) atoms. The molecule has 0 rings (SSSR count). The van der Waals surface area contributed by atoms with Gasteiger partial charge in [0.1, 0.15) is 0 Å². The van der Waals surface area contributed by atoms with Crippen LogP contribution in [-0.2, 0) is 32.7 Å². The van der Waals surface area contributed by atoms with Crippen LogP contribution < -0.4 is 0 Å². The Hall–Kier alpha value is 1.41. The van der Waals surface area contributed by atoms with E-state index >= 15 is 0 Å². The fourth-order valence-corrected chi connectivity index (χ4v) is 0. The van der Waals surface area contributed by atoms with E-state index in [1.54, 1.807) is 20.8 Å². The molecule has 0 aromatic rings. The maximum absolute atomic E-state index is 8.58. The van der Waals surface area contributed by atoms with E-state index in [1.165, 1.54) is 0 Å². The van der Waals surface area contributed by atoms with E-state index in [-0.39, 0.29) is 40.1 Å². The molecule has 0 unspecified atom stereocenters. The summed E-state index contributed by atoms with van der Waals surface area (Å²) in [7, 11) is -3.60. The van der Waals surface area contributed by atoms with Gasteiger partial charge in [-0.2, -0.15) is 14.7 Å². The second-order valence-corrected chi connectivity index (χ2v) is 11.2. The SMILES string of the molecule is C.CC.CC.CC(C)(C)C.CC(C)(C)C.CC(C)(C)[P+](O)(O)O.[Y]. The van der Waals surface area contributed by atoms with Crippen LogP contribution in [0.2, 0.25) is 0 Å². The molecular weight excluding hydrogens is 396 g/mol. The maximum Gasteiger partial charge on any atom is 0.409 e. The molecular formula is C19H52O3PY+. The predicted octanol–water partition coefficient (Wildman–Crippen LogP) is 7.32. The molecule has 0 amide bonds. The van der Waals surface area contributed by atoms with E-state index in [1.807, 2.05) is 27.7 Å². The Morgan fingerprint density at radius 2 is 0.542 bits per heavy atom. The van der Waals surface area contributed by atoms with Crippen molar-refractivity contribution in [2.75, 3.05) is 0 Å². The molecule has 0 bridgehead atoms. The van der Waals surface area contributed by atoms with Gasteiger partial charge >= 0.3 is 7.94 Å². The first kappa shape index (κ1) is 44.7. The number of hydrogen-bond donors (Lipinski definition) is 3. The Kier molecular flexibility index (Phi) is 38.6. The van der Waals surface area contributed by atoms with Crippen LogP contribution in [0.1, 0.15) is 111 Å². The molecule has 0 fully saturated rings. The Morgan fingerprint density at radius 3 is 0.542 bits per heavy atom. The van der Waals surface area contributed by atoms with Crippen LogP contribution in [0.4, 0.5) is 0 Å².